The average molecular weight is 185 g/mol. The quantitative estimate of drug-likeness (QED) is 0.659. The number of nitrogens with zero attached hydrogens (tertiary/aromatic N) is 1. The minimum absolute atomic E-state index is 0.883. The Morgan fingerprint density at radius 1 is 1.29 bits per heavy atom. The van der Waals surface area contributed by atoms with Crippen LogP contribution in [0, 0.1) is 11.3 Å². The van der Waals surface area contributed by atoms with Gasteiger partial charge in [-0.1, -0.05) is 13.0 Å². The maximum atomic E-state index is 9.00. The third-order valence-electron chi connectivity index (χ3n) is 3.13. The molecule has 72 valence electrons. The molecule has 14 heavy (non-hydrogen) atoms. The van der Waals surface area contributed by atoms with Crippen LogP contribution in [-0.4, -0.2) is 0 Å². The molecule has 0 bridgehead atoms. The molecule has 0 aliphatic heterocycles. The average Bonchev–Trinajstić information content (AvgIpc) is 2.27. The molecular formula is C13H15N. The number of hydrogen-bond acceptors (Lipinski definition) is 1. The summed E-state index contributed by atoms with van der Waals surface area (Å²) in [7, 11) is 0. The summed E-state index contributed by atoms with van der Waals surface area (Å²) in [5, 5.41) is 9.00. The lowest BCUT2D eigenvalue weighted by Crippen LogP contribution is -2.07. The van der Waals surface area contributed by atoms with Crippen molar-refractivity contribution < 1.29 is 0 Å². The predicted molar refractivity (Wildman–Crippen MR) is 57.2 cm³/mol. The zero-order valence-corrected chi connectivity index (χ0v) is 8.64. The van der Waals surface area contributed by atoms with E-state index in [0.29, 0.717) is 0 Å². The van der Waals surface area contributed by atoms with Crippen molar-refractivity contribution in [3.63, 3.8) is 0 Å². The molecule has 0 atom stereocenters. The molecule has 0 spiro atoms. The fourth-order valence-electron chi connectivity index (χ4n) is 2.41. The molecule has 0 saturated heterocycles. The minimum Gasteiger partial charge on any atom is -0.192 e. The van der Waals surface area contributed by atoms with Gasteiger partial charge in [-0.15, -0.1) is 0 Å². The molecule has 0 aromatic heterocycles. The SMILES string of the molecule is CCc1c(C#N)ccc2c1CCCC2. The van der Waals surface area contributed by atoms with Gasteiger partial charge in [0, 0.05) is 0 Å². The Hall–Kier alpha value is -1.29. The largest absolute Gasteiger partial charge is 0.192 e. The summed E-state index contributed by atoms with van der Waals surface area (Å²) in [6.07, 6.45) is 5.96. The van der Waals surface area contributed by atoms with Crippen molar-refractivity contribution in [1.29, 1.82) is 5.26 Å². The van der Waals surface area contributed by atoms with E-state index in [9.17, 15) is 0 Å². The second-order valence-electron chi connectivity index (χ2n) is 3.90. The number of fused-ring (bicyclic) bond motifs is 1. The van der Waals surface area contributed by atoms with Gasteiger partial charge in [-0.25, -0.2) is 0 Å². The molecule has 0 saturated carbocycles. The number of rotatable bonds is 1. The van der Waals surface area contributed by atoms with Crippen LogP contribution in [0.15, 0.2) is 12.1 Å². The van der Waals surface area contributed by atoms with Crippen LogP contribution in [0.25, 0.3) is 0 Å². The van der Waals surface area contributed by atoms with E-state index < -0.39 is 0 Å². The van der Waals surface area contributed by atoms with Crippen molar-refractivity contribution in [2.45, 2.75) is 39.0 Å². The summed E-state index contributed by atoms with van der Waals surface area (Å²) in [6.45, 7) is 2.14. The van der Waals surface area contributed by atoms with Gasteiger partial charge in [0.25, 0.3) is 0 Å². The highest BCUT2D eigenvalue weighted by molar-refractivity contribution is 5.47. The Labute approximate surface area is 85.4 Å². The van der Waals surface area contributed by atoms with Crippen LogP contribution in [0.3, 0.4) is 0 Å². The standard InChI is InChI=1S/C13H15N/c1-2-12-11(9-14)8-7-10-5-3-4-6-13(10)12/h7-8H,2-6H2,1H3. The summed E-state index contributed by atoms with van der Waals surface area (Å²) < 4.78 is 0. The highest BCUT2D eigenvalue weighted by Crippen LogP contribution is 2.27. The molecule has 1 aliphatic rings. The van der Waals surface area contributed by atoms with Gasteiger partial charge in [-0.05, 0) is 54.9 Å². The minimum atomic E-state index is 0.883. The van der Waals surface area contributed by atoms with Crippen molar-refractivity contribution in [3.05, 3.63) is 34.4 Å². The van der Waals surface area contributed by atoms with Crippen LogP contribution in [-0.2, 0) is 19.3 Å². The summed E-state index contributed by atoms with van der Waals surface area (Å²) >= 11 is 0. The normalized spacial score (nSPS) is 14.6. The van der Waals surface area contributed by atoms with Gasteiger partial charge < -0.3 is 0 Å². The summed E-state index contributed by atoms with van der Waals surface area (Å²) in [4.78, 5) is 0. The fraction of sp³-hybridized carbons (Fsp3) is 0.462. The van der Waals surface area contributed by atoms with Gasteiger partial charge in [-0.2, -0.15) is 5.26 Å². The smallest absolute Gasteiger partial charge is 0.0994 e. The van der Waals surface area contributed by atoms with Crippen LogP contribution in [0.5, 0.6) is 0 Å². The van der Waals surface area contributed by atoms with Crippen LogP contribution >= 0.6 is 0 Å². The zero-order chi connectivity index (χ0) is 9.97. The van der Waals surface area contributed by atoms with E-state index in [-0.39, 0.29) is 0 Å². The molecule has 1 aromatic carbocycles. The van der Waals surface area contributed by atoms with E-state index >= 15 is 0 Å². The predicted octanol–water partition coefficient (Wildman–Crippen LogP) is 3.00. The summed E-state index contributed by atoms with van der Waals surface area (Å²) in [6, 6.07) is 6.43. The first-order chi connectivity index (χ1) is 6.86. The fourth-order valence-corrected chi connectivity index (χ4v) is 2.41. The Morgan fingerprint density at radius 2 is 2.07 bits per heavy atom. The van der Waals surface area contributed by atoms with E-state index in [4.69, 9.17) is 5.26 Å². The molecule has 1 aliphatic carbocycles. The molecule has 0 fully saturated rings. The highest BCUT2D eigenvalue weighted by Gasteiger charge is 2.14. The lowest BCUT2D eigenvalue weighted by atomic mass is 9.85. The van der Waals surface area contributed by atoms with Crippen molar-refractivity contribution in [2.24, 2.45) is 0 Å². The van der Waals surface area contributed by atoms with E-state index in [2.05, 4.69) is 19.1 Å². The van der Waals surface area contributed by atoms with Crippen LogP contribution in [0.2, 0.25) is 0 Å². The molecular weight excluding hydrogens is 170 g/mol. The van der Waals surface area contributed by atoms with Crippen molar-refractivity contribution >= 4 is 0 Å². The van der Waals surface area contributed by atoms with E-state index in [1.54, 1.807) is 0 Å². The summed E-state index contributed by atoms with van der Waals surface area (Å²) in [5.41, 5.74) is 5.13. The molecule has 0 unspecified atom stereocenters. The Bertz CT molecular complexity index is 385. The van der Waals surface area contributed by atoms with Crippen molar-refractivity contribution in [2.75, 3.05) is 0 Å². The van der Waals surface area contributed by atoms with Crippen LogP contribution < -0.4 is 0 Å². The highest BCUT2D eigenvalue weighted by atomic mass is 14.3. The summed E-state index contributed by atoms with van der Waals surface area (Å²) in [5.74, 6) is 0. The van der Waals surface area contributed by atoms with E-state index in [0.717, 1.165) is 12.0 Å². The maximum Gasteiger partial charge on any atom is 0.0994 e. The third-order valence-corrected chi connectivity index (χ3v) is 3.13. The molecule has 0 radical (unpaired) electrons. The lowest BCUT2D eigenvalue weighted by Gasteiger charge is -2.19. The van der Waals surface area contributed by atoms with Gasteiger partial charge in [0.05, 0.1) is 11.6 Å². The second-order valence-corrected chi connectivity index (χ2v) is 3.90. The van der Waals surface area contributed by atoms with Crippen LogP contribution in [0.4, 0.5) is 0 Å². The first-order valence-corrected chi connectivity index (χ1v) is 5.40. The first-order valence-electron chi connectivity index (χ1n) is 5.40. The number of nitriles is 1. The van der Waals surface area contributed by atoms with Gasteiger partial charge >= 0.3 is 0 Å². The van der Waals surface area contributed by atoms with Gasteiger partial charge in [0.1, 0.15) is 0 Å². The second kappa shape index (κ2) is 3.84. The Balaban J connectivity index is 2.57. The number of aryl methyl sites for hydroxylation is 1. The van der Waals surface area contributed by atoms with Gasteiger partial charge in [0.15, 0.2) is 0 Å². The Kier molecular flexibility index (Phi) is 2.54. The monoisotopic (exact) mass is 185 g/mol. The lowest BCUT2D eigenvalue weighted by molar-refractivity contribution is 0.678. The van der Waals surface area contributed by atoms with Crippen LogP contribution in [0.1, 0.15) is 42.0 Å². The molecule has 2 rings (SSSR count). The molecule has 1 nitrogen and oxygen atoms in total. The zero-order valence-electron chi connectivity index (χ0n) is 8.64. The Morgan fingerprint density at radius 3 is 2.79 bits per heavy atom. The molecule has 0 N–H and O–H groups in total. The van der Waals surface area contributed by atoms with Gasteiger partial charge in [0.2, 0.25) is 0 Å². The molecule has 0 amide bonds. The maximum absolute atomic E-state index is 9.00. The molecule has 1 aromatic rings. The third kappa shape index (κ3) is 1.42. The van der Waals surface area contributed by atoms with Gasteiger partial charge in [-0.3, -0.25) is 0 Å². The topological polar surface area (TPSA) is 23.8 Å². The molecule has 0 heterocycles. The van der Waals surface area contributed by atoms with Crippen molar-refractivity contribution in [1.82, 2.24) is 0 Å². The number of benzene rings is 1. The molecule has 1 heteroatoms. The number of hydrogen-bond donors (Lipinski definition) is 0. The van der Waals surface area contributed by atoms with E-state index in [1.807, 2.05) is 6.07 Å². The van der Waals surface area contributed by atoms with Crippen molar-refractivity contribution in [3.8, 4) is 6.07 Å². The first kappa shape index (κ1) is 9.27. The van der Waals surface area contributed by atoms with E-state index in [1.165, 1.54) is 42.4 Å².